The zero-order chi connectivity index (χ0) is 19.3. The van der Waals surface area contributed by atoms with Gasteiger partial charge in [0, 0.05) is 6.54 Å². The Morgan fingerprint density at radius 1 is 0.964 bits per heavy atom. The van der Waals surface area contributed by atoms with E-state index in [1.807, 2.05) is 30.3 Å². The maximum absolute atomic E-state index is 12.2. The summed E-state index contributed by atoms with van der Waals surface area (Å²) in [6.07, 6.45) is 3.84. The van der Waals surface area contributed by atoms with Crippen molar-refractivity contribution in [1.82, 2.24) is 5.32 Å². The van der Waals surface area contributed by atoms with Gasteiger partial charge in [-0.15, -0.1) is 0 Å². The van der Waals surface area contributed by atoms with E-state index < -0.39 is 5.97 Å². The van der Waals surface area contributed by atoms with E-state index in [1.165, 1.54) is 11.1 Å². The first-order valence-electron chi connectivity index (χ1n) is 9.63. The number of amides is 1. The minimum Gasteiger partial charge on any atom is -0.486 e. The third kappa shape index (κ3) is 4.27. The Morgan fingerprint density at radius 3 is 2.68 bits per heavy atom. The summed E-state index contributed by atoms with van der Waals surface area (Å²) in [5.74, 6) is 0.708. The zero-order valence-corrected chi connectivity index (χ0v) is 15.7. The van der Waals surface area contributed by atoms with Crippen LogP contribution in [-0.2, 0) is 28.8 Å². The molecule has 0 unspecified atom stereocenters. The van der Waals surface area contributed by atoms with Crippen molar-refractivity contribution in [3.8, 4) is 11.5 Å². The van der Waals surface area contributed by atoms with Gasteiger partial charge in [0.25, 0.3) is 5.91 Å². The van der Waals surface area contributed by atoms with Crippen molar-refractivity contribution < 1.29 is 23.8 Å². The van der Waals surface area contributed by atoms with Crippen molar-refractivity contribution in [2.75, 3.05) is 26.4 Å². The van der Waals surface area contributed by atoms with Gasteiger partial charge in [0.15, 0.2) is 18.1 Å². The average molecular weight is 381 g/mol. The quantitative estimate of drug-likeness (QED) is 0.778. The van der Waals surface area contributed by atoms with E-state index in [9.17, 15) is 9.59 Å². The van der Waals surface area contributed by atoms with Crippen LogP contribution in [0.25, 0.3) is 0 Å². The monoisotopic (exact) mass is 381 g/mol. The summed E-state index contributed by atoms with van der Waals surface area (Å²) in [4.78, 5) is 24.1. The fraction of sp³-hybridized carbons (Fsp3) is 0.364. The first kappa shape index (κ1) is 18.3. The van der Waals surface area contributed by atoms with Crippen molar-refractivity contribution in [1.29, 1.82) is 0 Å². The largest absolute Gasteiger partial charge is 0.486 e. The number of fused-ring (bicyclic) bond motifs is 2. The van der Waals surface area contributed by atoms with Crippen LogP contribution >= 0.6 is 0 Å². The number of rotatable bonds is 6. The van der Waals surface area contributed by atoms with Gasteiger partial charge in [-0.25, -0.2) is 4.79 Å². The molecule has 0 saturated carbocycles. The van der Waals surface area contributed by atoms with E-state index in [0.717, 1.165) is 36.3 Å². The summed E-state index contributed by atoms with van der Waals surface area (Å²) < 4.78 is 16.2. The predicted octanol–water partition coefficient (Wildman–Crippen LogP) is 2.46. The zero-order valence-electron chi connectivity index (χ0n) is 15.7. The van der Waals surface area contributed by atoms with Crippen molar-refractivity contribution in [3.63, 3.8) is 0 Å². The molecule has 1 aliphatic heterocycles. The van der Waals surface area contributed by atoms with Crippen LogP contribution in [0.2, 0.25) is 0 Å². The Morgan fingerprint density at radius 2 is 1.79 bits per heavy atom. The molecule has 0 bridgehead atoms. The molecule has 28 heavy (non-hydrogen) atoms. The fourth-order valence-corrected chi connectivity index (χ4v) is 3.55. The Hall–Kier alpha value is -3.02. The van der Waals surface area contributed by atoms with Crippen LogP contribution in [0.15, 0.2) is 36.4 Å². The molecule has 146 valence electrons. The van der Waals surface area contributed by atoms with Crippen LogP contribution in [0.4, 0.5) is 0 Å². The highest BCUT2D eigenvalue weighted by molar-refractivity contribution is 5.91. The second-order valence-corrected chi connectivity index (χ2v) is 6.99. The summed E-state index contributed by atoms with van der Waals surface area (Å²) in [6, 6.07) is 11.4. The van der Waals surface area contributed by atoms with Gasteiger partial charge < -0.3 is 19.5 Å². The average Bonchev–Trinajstić information content (AvgIpc) is 3.20. The highest BCUT2D eigenvalue weighted by atomic mass is 16.6. The molecule has 0 atom stereocenters. The highest BCUT2D eigenvalue weighted by Crippen LogP contribution is 2.30. The van der Waals surface area contributed by atoms with Crippen LogP contribution in [-0.4, -0.2) is 38.2 Å². The van der Waals surface area contributed by atoms with E-state index in [4.69, 9.17) is 14.2 Å². The Balaban J connectivity index is 1.21. The maximum atomic E-state index is 12.2. The summed E-state index contributed by atoms with van der Waals surface area (Å²) in [5.41, 5.74) is 4.05. The molecule has 0 saturated heterocycles. The first-order valence-corrected chi connectivity index (χ1v) is 9.63. The van der Waals surface area contributed by atoms with Gasteiger partial charge in [-0.1, -0.05) is 12.1 Å². The summed E-state index contributed by atoms with van der Waals surface area (Å²) in [6.45, 7) is 1.28. The molecular formula is C22H23NO5. The number of hydrogen-bond acceptors (Lipinski definition) is 5. The number of hydrogen-bond donors (Lipinski definition) is 1. The molecule has 2 aliphatic rings. The lowest BCUT2D eigenvalue weighted by Crippen LogP contribution is -2.30. The summed E-state index contributed by atoms with van der Waals surface area (Å²) in [7, 11) is 0. The van der Waals surface area contributed by atoms with Crippen molar-refractivity contribution in [3.05, 3.63) is 58.7 Å². The van der Waals surface area contributed by atoms with E-state index in [2.05, 4.69) is 5.32 Å². The number of carbonyl (C=O) groups excluding carboxylic acids is 2. The second kappa shape index (κ2) is 8.33. The molecule has 0 fully saturated rings. The van der Waals surface area contributed by atoms with Gasteiger partial charge >= 0.3 is 5.97 Å². The van der Waals surface area contributed by atoms with Crippen molar-refractivity contribution >= 4 is 11.9 Å². The number of esters is 1. The van der Waals surface area contributed by atoms with E-state index >= 15 is 0 Å². The SMILES string of the molecule is O=C(COC(=O)c1ccc2c(c1)CCC2)NCCc1ccc2c(c1)OCCO2. The first-order chi connectivity index (χ1) is 13.7. The van der Waals surface area contributed by atoms with Crippen molar-refractivity contribution in [2.45, 2.75) is 25.7 Å². The third-order valence-electron chi connectivity index (χ3n) is 5.01. The molecule has 0 spiro atoms. The molecule has 0 aromatic heterocycles. The van der Waals surface area contributed by atoms with Gasteiger partial charge in [0.1, 0.15) is 13.2 Å². The number of carbonyl (C=O) groups is 2. The molecule has 2 aromatic rings. The number of nitrogens with one attached hydrogen (secondary N) is 1. The fourth-order valence-electron chi connectivity index (χ4n) is 3.55. The standard InChI is InChI=1S/C22H23NO5/c24-21(14-28-22(25)18-6-5-16-2-1-3-17(16)13-18)23-9-8-15-4-7-19-20(12-15)27-11-10-26-19/h4-7,12-13H,1-3,8-11,14H2,(H,23,24). The second-order valence-electron chi connectivity index (χ2n) is 6.99. The number of aryl methyl sites for hydroxylation is 2. The molecule has 0 radical (unpaired) electrons. The van der Waals surface area contributed by atoms with Crippen LogP contribution in [0.3, 0.4) is 0 Å². The van der Waals surface area contributed by atoms with E-state index in [-0.39, 0.29) is 12.5 Å². The smallest absolute Gasteiger partial charge is 0.338 e. The topological polar surface area (TPSA) is 73.9 Å². The minimum absolute atomic E-state index is 0.281. The molecular weight excluding hydrogens is 358 g/mol. The summed E-state index contributed by atoms with van der Waals surface area (Å²) in [5, 5.41) is 2.77. The summed E-state index contributed by atoms with van der Waals surface area (Å²) >= 11 is 0. The predicted molar refractivity (Wildman–Crippen MR) is 103 cm³/mol. The number of ether oxygens (including phenoxy) is 3. The van der Waals surface area contributed by atoms with Gasteiger partial charge in [-0.2, -0.15) is 0 Å². The van der Waals surface area contributed by atoms with Crippen LogP contribution in [0.5, 0.6) is 11.5 Å². The lowest BCUT2D eigenvalue weighted by molar-refractivity contribution is -0.124. The molecule has 1 heterocycles. The van der Waals surface area contributed by atoms with Crippen LogP contribution < -0.4 is 14.8 Å². The molecule has 6 nitrogen and oxygen atoms in total. The molecule has 6 heteroatoms. The normalized spacial score (nSPS) is 14.3. The van der Waals surface area contributed by atoms with Crippen LogP contribution in [0, 0.1) is 0 Å². The van der Waals surface area contributed by atoms with Gasteiger partial charge in [-0.3, -0.25) is 4.79 Å². The third-order valence-corrected chi connectivity index (χ3v) is 5.01. The van der Waals surface area contributed by atoms with Gasteiger partial charge in [-0.05, 0) is 66.6 Å². The molecule has 1 N–H and O–H groups in total. The molecule has 1 aliphatic carbocycles. The minimum atomic E-state index is -0.461. The Bertz CT molecular complexity index is 892. The number of benzene rings is 2. The lowest BCUT2D eigenvalue weighted by Gasteiger charge is -2.18. The maximum Gasteiger partial charge on any atom is 0.338 e. The molecule has 2 aromatic carbocycles. The Labute approximate surface area is 163 Å². The van der Waals surface area contributed by atoms with Gasteiger partial charge in [0.05, 0.1) is 5.56 Å². The Kier molecular flexibility index (Phi) is 5.46. The van der Waals surface area contributed by atoms with Gasteiger partial charge in [0.2, 0.25) is 0 Å². The highest BCUT2D eigenvalue weighted by Gasteiger charge is 2.16. The van der Waals surface area contributed by atoms with E-state index in [0.29, 0.717) is 31.7 Å². The molecule has 1 amide bonds. The van der Waals surface area contributed by atoms with Crippen LogP contribution in [0.1, 0.15) is 33.5 Å². The van der Waals surface area contributed by atoms with Crippen molar-refractivity contribution in [2.24, 2.45) is 0 Å². The van der Waals surface area contributed by atoms with E-state index in [1.54, 1.807) is 6.07 Å². The molecule has 4 rings (SSSR count). The lowest BCUT2D eigenvalue weighted by atomic mass is 10.1.